The highest BCUT2D eigenvalue weighted by atomic mass is 32.2. The summed E-state index contributed by atoms with van der Waals surface area (Å²) in [5, 5.41) is 8.82. The number of sulfonamides is 1. The first-order valence-corrected chi connectivity index (χ1v) is 14.7. The van der Waals surface area contributed by atoms with Gasteiger partial charge in [-0.25, -0.2) is 23.2 Å². The van der Waals surface area contributed by atoms with Crippen LogP contribution in [0.5, 0.6) is 5.75 Å². The van der Waals surface area contributed by atoms with Crippen LogP contribution in [0.3, 0.4) is 0 Å². The molecule has 0 aliphatic heterocycles. The van der Waals surface area contributed by atoms with Gasteiger partial charge < -0.3 is 4.74 Å². The van der Waals surface area contributed by atoms with Crippen LogP contribution < -0.4 is 14.9 Å². The Hall–Kier alpha value is -5.06. The van der Waals surface area contributed by atoms with Gasteiger partial charge in [-0.15, -0.1) is 0 Å². The van der Waals surface area contributed by atoms with Gasteiger partial charge in [0.1, 0.15) is 18.1 Å². The van der Waals surface area contributed by atoms with Gasteiger partial charge in [0.05, 0.1) is 23.3 Å². The van der Waals surface area contributed by atoms with Crippen LogP contribution in [0.25, 0.3) is 16.9 Å². The number of amides is 1. The monoisotopic (exact) mass is 579 g/mol. The average Bonchev–Trinajstić information content (AvgIpc) is 3.45. The van der Waals surface area contributed by atoms with Crippen molar-refractivity contribution < 1.29 is 17.9 Å². The van der Waals surface area contributed by atoms with Gasteiger partial charge >= 0.3 is 0 Å². The van der Waals surface area contributed by atoms with Crippen molar-refractivity contribution in [1.82, 2.24) is 19.9 Å². The van der Waals surface area contributed by atoms with Crippen molar-refractivity contribution in [3.63, 3.8) is 0 Å². The van der Waals surface area contributed by atoms with Crippen molar-refractivity contribution in [1.29, 1.82) is 0 Å². The van der Waals surface area contributed by atoms with E-state index in [2.05, 4.69) is 15.2 Å². The van der Waals surface area contributed by atoms with E-state index in [9.17, 15) is 13.2 Å². The van der Waals surface area contributed by atoms with E-state index >= 15 is 0 Å². The van der Waals surface area contributed by atoms with Crippen LogP contribution in [-0.2, 0) is 21.4 Å². The Balaban J connectivity index is 1.28. The molecule has 1 aromatic heterocycles. The largest absolute Gasteiger partial charge is 0.489 e. The molecule has 1 amide bonds. The van der Waals surface area contributed by atoms with Gasteiger partial charge in [0.25, 0.3) is 5.91 Å². The zero-order chi connectivity index (χ0) is 29.4. The number of carbonyl (C=O) groups excluding carboxylic acids is 1. The smallest absolute Gasteiger partial charge is 0.255 e. The number of aromatic nitrogens is 2. The van der Waals surface area contributed by atoms with Gasteiger partial charge in [-0.1, -0.05) is 66.2 Å². The molecule has 9 nitrogen and oxygen atoms in total. The minimum absolute atomic E-state index is 0.0823. The van der Waals surface area contributed by atoms with Crippen molar-refractivity contribution in [2.24, 2.45) is 5.10 Å². The summed E-state index contributed by atoms with van der Waals surface area (Å²) in [4.78, 5) is 12.4. The van der Waals surface area contributed by atoms with Gasteiger partial charge in [0.2, 0.25) is 10.0 Å². The van der Waals surface area contributed by atoms with E-state index in [1.165, 1.54) is 18.3 Å². The molecule has 5 aromatic rings. The summed E-state index contributed by atoms with van der Waals surface area (Å²) in [7, 11) is -3.83. The van der Waals surface area contributed by atoms with Crippen LogP contribution in [0, 0.1) is 6.92 Å². The summed E-state index contributed by atoms with van der Waals surface area (Å²) in [6.07, 6.45) is 3.29. The Bertz CT molecular complexity index is 1770. The molecule has 0 saturated heterocycles. The molecule has 10 heteroatoms. The SMILES string of the molecule is Cc1ccc(S(=O)(=O)NCC(=O)NN=Cc2cn(-c3ccccc3)nc2-c2ccc(OCc3ccccc3)cc2)cc1. The number of ether oxygens (including phenoxy) is 1. The maximum absolute atomic E-state index is 12.5. The van der Waals surface area contributed by atoms with Crippen molar-refractivity contribution in [3.8, 4) is 22.7 Å². The number of aryl methyl sites for hydroxylation is 1. The topological polar surface area (TPSA) is 115 Å². The molecule has 0 aliphatic rings. The van der Waals surface area contributed by atoms with Gasteiger partial charge in [-0.2, -0.15) is 10.2 Å². The number of para-hydroxylation sites is 1. The lowest BCUT2D eigenvalue weighted by Gasteiger charge is -2.07. The van der Waals surface area contributed by atoms with E-state index < -0.39 is 22.5 Å². The predicted octanol–water partition coefficient (Wildman–Crippen LogP) is 4.86. The highest BCUT2D eigenvalue weighted by molar-refractivity contribution is 7.89. The maximum atomic E-state index is 12.5. The Labute approximate surface area is 244 Å². The van der Waals surface area contributed by atoms with Crippen LogP contribution in [0.15, 0.2) is 125 Å². The zero-order valence-corrected chi connectivity index (χ0v) is 23.7. The third-order valence-electron chi connectivity index (χ3n) is 6.29. The number of nitrogens with zero attached hydrogens (tertiary/aromatic N) is 3. The number of nitrogens with one attached hydrogen (secondary N) is 2. The lowest BCUT2D eigenvalue weighted by atomic mass is 10.1. The first-order chi connectivity index (χ1) is 20.4. The Morgan fingerprint density at radius 2 is 1.57 bits per heavy atom. The summed E-state index contributed by atoms with van der Waals surface area (Å²) in [6.45, 7) is 1.86. The summed E-state index contributed by atoms with van der Waals surface area (Å²) < 4.78 is 34.9. The van der Waals surface area contributed by atoms with Gasteiger partial charge in [-0.3, -0.25) is 4.79 Å². The van der Waals surface area contributed by atoms with E-state index in [4.69, 9.17) is 9.84 Å². The molecule has 0 atom stereocenters. The summed E-state index contributed by atoms with van der Waals surface area (Å²) in [5.74, 6) is 0.111. The fourth-order valence-electron chi connectivity index (χ4n) is 4.04. The normalized spacial score (nSPS) is 11.5. The molecule has 1 heterocycles. The Kier molecular flexibility index (Phi) is 8.86. The fraction of sp³-hybridized carbons (Fsp3) is 0.0938. The second-order valence-electron chi connectivity index (χ2n) is 9.44. The number of hydrogen-bond donors (Lipinski definition) is 2. The molecule has 0 spiro atoms. The summed E-state index contributed by atoms with van der Waals surface area (Å²) >= 11 is 0. The maximum Gasteiger partial charge on any atom is 0.255 e. The van der Waals surface area contributed by atoms with Gasteiger partial charge in [-0.05, 0) is 61.0 Å². The molecule has 0 aliphatic carbocycles. The molecule has 0 radical (unpaired) electrons. The summed E-state index contributed by atoms with van der Waals surface area (Å²) in [6, 6.07) is 33.5. The predicted molar refractivity (Wildman–Crippen MR) is 162 cm³/mol. The fourth-order valence-corrected chi connectivity index (χ4v) is 5.03. The lowest BCUT2D eigenvalue weighted by molar-refractivity contribution is -0.119. The Morgan fingerprint density at radius 3 is 2.26 bits per heavy atom. The van der Waals surface area contributed by atoms with Crippen LogP contribution in [-0.4, -0.2) is 36.9 Å². The third-order valence-corrected chi connectivity index (χ3v) is 7.70. The molecular weight excluding hydrogens is 550 g/mol. The molecule has 42 heavy (non-hydrogen) atoms. The molecule has 0 fully saturated rings. The Morgan fingerprint density at radius 1 is 0.905 bits per heavy atom. The van der Waals surface area contributed by atoms with E-state index in [0.29, 0.717) is 17.9 Å². The molecule has 0 saturated carbocycles. The van der Waals surface area contributed by atoms with Gasteiger partial charge in [0.15, 0.2) is 0 Å². The third kappa shape index (κ3) is 7.36. The van der Waals surface area contributed by atoms with Crippen LogP contribution >= 0.6 is 0 Å². The van der Waals surface area contributed by atoms with Crippen LogP contribution in [0.4, 0.5) is 0 Å². The first-order valence-electron chi connectivity index (χ1n) is 13.2. The molecular formula is C32H29N5O4S. The van der Waals surface area contributed by atoms with Crippen LogP contribution in [0.1, 0.15) is 16.7 Å². The highest BCUT2D eigenvalue weighted by Crippen LogP contribution is 2.25. The van der Waals surface area contributed by atoms with Crippen LogP contribution in [0.2, 0.25) is 0 Å². The molecule has 212 valence electrons. The van der Waals surface area contributed by atoms with Crippen molar-refractivity contribution in [2.45, 2.75) is 18.4 Å². The van der Waals surface area contributed by atoms with Crippen molar-refractivity contribution in [2.75, 3.05) is 6.54 Å². The molecule has 0 unspecified atom stereocenters. The summed E-state index contributed by atoms with van der Waals surface area (Å²) in [5.41, 5.74) is 7.37. The minimum atomic E-state index is -3.83. The molecule has 5 rings (SSSR count). The molecule has 2 N–H and O–H groups in total. The quantitative estimate of drug-likeness (QED) is 0.171. The second kappa shape index (κ2) is 13.1. The second-order valence-corrected chi connectivity index (χ2v) is 11.2. The van der Waals surface area contributed by atoms with E-state index in [1.807, 2.05) is 91.9 Å². The molecule has 0 bridgehead atoms. The number of benzene rings is 4. The first kappa shape index (κ1) is 28.5. The van der Waals surface area contributed by atoms with E-state index in [-0.39, 0.29) is 4.90 Å². The lowest BCUT2D eigenvalue weighted by Crippen LogP contribution is -2.34. The number of rotatable bonds is 11. The number of carbonyl (C=O) groups is 1. The standard InChI is InChI=1S/C32H29N5O4S/c1-24-12-18-30(19-13-24)42(39,40)34-21-31(38)35-33-20-27-22-37(28-10-6-3-7-11-28)36-32(27)26-14-16-29(17-15-26)41-23-25-8-4-2-5-9-25/h2-20,22,34H,21,23H2,1H3,(H,35,38). The van der Waals surface area contributed by atoms with Crippen molar-refractivity contribution >= 4 is 22.1 Å². The van der Waals surface area contributed by atoms with E-state index in [1.54, 1.807) is 23.0 Å². The minimum Gasteiger partial charge on any atom is -0.489 e. The molecule has 4 aromatic carbocycles. The van der Waals surface area contributed by atoms with Gasteiger partial charge in [0, 0.05) is 17.3 Å². The highest BCUT2D eigenvalue weighted by Gasteiger charge is 2.15. The van der Waals surface area contributed by atoms with Crippen molar-refractivity contribution in [3.05, 3.63) is 132 Å². The zero-order valence-electron chi connectivity index (χ0n) is 22.8. The number of hydrogen-bond acceptors (Lipinski definition) is 6. The van der Waals surface area contributed by atoms with E-state index in [0.717, 1.165) is 28.1 Å². The average molecular weight is 580 g/mol. The number of hydrazone groups is 1.